The lowest BCUT2D eigenvalue weighted by molar-refractivity contribution is -0.388. The molecule has 3 nitrogen and oxygen atoms in total. The Morgan fingerprint density at radius 3 is 2.12 bits per heavy atom. The van der Waals surface area contributed by atoms with Crippen LogP contribution in [-0.2, 0) is 0 Å². The molecular weight excluding hydrogens is 336 g/mol. The van der Waals surface area contributed by atoms with Gasteiger partial charge < -0.3 is 0 Å². The van der Waals surface area contributed by atoms with E-state index >= 15 is 0 Å². The van der Waals surface area contributed by atoms with Crippen molar-refractivity contribution in [1.29, 1.82) is 0 Å². The predicted octanol–water partition coefficient (Wildman–Crippen LogP) is 6.75. The van der Waals surface area contributed by atoms with E-state index in [-0.39, 0.29) is 5.92 Å². The van der Waals surface area contributed by atoms with Gasteiger partial charge in [0, 0.05) is 5.56 Å². The molecule has 0 atom stereocenters. The highest BCUT2D eigenvalue weighted by Gasteiger charge is 2.34. The molecule has 0 spiro atoms. The van der Waals surface area contributed by atoms with Crippen molar-refractivity contribution in [1.82, 2.24) is 0 Å². The van der Waals surface area contributed by atoms with Crippen LogP contribution >= 0.6 is 0 Å². The second kappa shape index (κ2) is 8.45. The average molecular weight is 365 g/mol. The van der Waals surface area contributed by atoms with Gasteiger partial charge in [-0.15, -0.1) is 0 Å². The first-order chi connectivity index (χ1) is 12.5. The van der Waals surface area contributed by atoms with Crippen molar-refractivity contribution < 1.29 is 13.7 Å². The number of halogens is 2. The highest BCUT2D eigenvalue weighted by Crippen LogP contribution is 2.46. The third kappa shape index (κ3) is 4.07. The summed E-state index contributed by atoms with van der Waals surface area (Å²) in [5.41, 5.74) is -0.285. The Bertz CT molecular complexity index is 633. The summed E-state index contributed by atoms with van der Waals surface area (Å²) in [5, 5.41) is 11.2. The van der Waals surface area contributed by atoms with Gasteiger partial charge in [-0.1, -0.05) is 32.6 Å². The summed E-state index contributed by atoms with van der Waals surface area (Å²) in [6.45, 7) is 2.25. The maximum absolute atomic E-state index is 13.9. The Morgan fingerprint density at radius 2 is 1.58 bits per heavy atom. The lowest BCUT2D eigenvalue weighted by atomic mass is 9.68. The van der Waals surface area contributed by atoms with Crippen LogP contribution in [0.2, 0.25) is 0 Å². The second-order valence-electron chi connectivity index (χ2n) is 8.24. The topological polar surface area (TPSA) is 43.1 Å². The van der Waals surface area contributed by atoms with Crippen LogP contribution in [0.15, 0.2) is 12.1 Å². The molecule has 0 aliphatic heterocycles. The zero-order chi connectivity index (χ0) is 18.7. The lowest BCUT2D eigenvalue weighted by Crippen LogP contribution is -2.25. The van der Waals surface area contributed by atoms with E-state index in [0.717, 1.165) is 43.6 Å². The van der Waals surface area contributed by atoms with E-state index in [1.54, 1.807) is 0 Å². The molecule has 0 radical (unpaired) electrons. The van der Waals surface area contributed by atoms with Crippen LogP contribution in [0.1, 0.15) is 82.6 Å². The molecule has 3 rings (SSSR count). The second-order valence-corrected chi connectivity index (χ2v) is 8.24. The number of rotatable bonds is 5. The molecule has 1 aromatic carbocycles. The Morgan fingerprint density at radius 1 is 1.00 bits per heavy atom. The van der Waals surface area contributed by atoms with Crippen LogP contribution in [0.5, 0.6) is 0 Å². The summed E-state index contributed by atoms with van der Waals surface area (Å²) in [6, 6.07) is 2.44. The van der Waals surface area contributed by atoms with Crippen LogP contribution in [0.25, 0.3) is 0 Å². The van der Waals surface area contributed by atoms with Crippen LogP contribution in [0.4, 0.5) is 14.5 Å². The predicted molar refractivity (Wildman–Crippen MR) is 98.1 cm³/mol. The molecule has 144 valence electrons. The average Bonchev–Trinajstić information content (AvgIpc) is 2.64. The number of nitro groups is 1. The monoisotopic (exact) mass is 365 g/mol. The van der Waals surface area contributed by atoms with Crippen LogP contribution < -0.4 is 0 Å². The van der Waals surface area contributed by atoms with E-state index in [2.05, 4.69) is 6.92 Å². The summed E-state index contributed by atoms with van der Waals surface area (Å²) in [6.07, 6.45) is 11.7. The molecule has 2 fully saturated rings. The summed E-state index contributed by atoms with van der Waals surface area (Å²) in [5.74, 6) is -0.111. The molecule has 0 aromatic heterocycles. The highest BCUT2D eigenvalue weighted by atomic mass is 19.2. The molecule has 0 heterocycles. The lowest BCUT2D eigenvalue weighted by Gasteiger charge is -2.38. The van der Waals surface area contributed by atoms with Gasteiger partial charge in [-0.25, -0.2) is 4.39 Å². The Kier molecular flexibility index (Phi) is 6.25. The molecule has 26 heavy (non-hydrogen) atoms. The van der Waals surface area contributed by atoms with Crippen molar-refractivity contribution in [3.8, 4) is 0 Å². The Labute approximate surface area is 154 Å². The molecule has 0 bridgehead atoms. The smallest absolute Gasteiger partial charge is 0.258 e. The van der Waals surface area contributed by atoms with Gasteiger partial charge in [0.15, 0.2) is 5.82 Å². The first-order valence-electron chi connectivity index (χ1n) is 10.1. The van der Waals surface area contributed by atoms with E-state index < -0.39 is 22.2 Å². The molecular formula is C21H29F2NO2. The molecule has 2 aliphatic carbocycles. The van der Waals surface area contributed by atoms with Gasteiger partial charge in [-0.2, -0.15) is 4.39 Å². The SMILES string of the molecule is CCCC1CCC(C2CCC(c3ccc(F)c(F)c3[N+](=O)[O-])CC2)CC1. The summed E-state index contributed by atoms with van der Waals surface area (Å²) >= 11 is 0. The Balaban J connectivity index is 1.61. The van der Waals surface area contributed by atoms with Crippen molar-refractivity contribution >= 4 is 5.69 Å². The van der Waals surface area contributed by atoms with Crippen LogP contribution in [0.3, 0.4) is 0 Å². The van der Waals surface area contributed by atoms with Crippen molar-refractivity contribution in [3.05, 3.63) is 39.4 Å². The minimum Gasteiger partial charge on any atom is -0.258 e. The van der Waals surface area contributed by atoms with E-state index in [0.29, 0.717) is 11.5 Å². The van der Waals surface area contributed by atoms with Gasteiger partial charge in [0.1, 0.15) is 0 Å². The summed E-state index contributed by atoms with van der Waals surface area (Å²) < 4.78 is 27.3. The summed E-state index contributed by atoms with van der Waals surface area (Å²) in [4.78, 5) is 10.5. The van der Waals surface area contributed by atoms with Gasteiger partial charge in [0.2, 0.25) is 5.82 Å². The number of hydrogen-bond acceptors (Lipinski definition) is 2. The molecule has 2 aliphatic rings. The maximum Gasteiger partial charge on any atom is 0.311 e. The first kappa shape index (κ1) is 19.2. The molecule has 0 saturated heterocycles. The van der Waals surface area contributed by atoms with Gasteiger partial charge in [-0.3, -0.25) is 10.1 Å². The quantitative estimate of drug-likeness (QED) is 0.428. The van der Waals surface area contributed by atoms with Crippen molar-refractivity contribution in [2.75, 3.05) is 0 Å². The van der Waals surface area contributed by atoms with E-state index in [9.17, 15) is 18.9 Å². The van der Waals surface area contributed by atoms with Crippen molar-refractivity contribution in [2.24, 2.45) is 17.8 Å². The minimum atomic E-state index is -1.32. The largest absolute Gasteiger partial charge is 0.311 e. The molecule has 0 N–H and O–H groups in total. The number of hydrogen-bond donors (Lipinski definition) is 0. The molecule has 0 amide bonds. The minimum absolute atomic E-state index is 0.0295. The molecule has 1 aromatic rings. The fraction of sp³-hybridized carbons (Fsp3) is 0.714. The number of nitrogens with zero attached hydrogens (tertiary/aromatic N) is 1. The Hall–Kier alpha value is -1.52. The third-order valence-corrected chi connectivity index (χ3v) is 6.75. The van der Waals surface area contributed by atoms with Gasteiger partial charge in [-0.05, 0) is 74.3 Å². The summed E-state index contributed by atoms with van der Waals surface area (Å²) in [7, 11) is 0. The zero-order valence-corrected chi connectivity index (χ0v) is 15.6. The first-order valence-corrected chi connectivity index (χ1v) is 10.1. The highest BCUT2D eigenvalue weighted by molar-refractivity contribution is 5.44. The normalized spacial score (nSPS) is 29.5. The van der Waals surface area contributed by atoms with Crippen molar-refractivity contribution in [2.45, 2.75) is 77.0 Å². The molecule has 0 unspecified atom stereocenters. The van der Waals surface area contributed by atoms with Gasteiger partial charge in [0.25, 0.3) is 0 Å². The van der Waals surface area contributed by atoms with E-state index in [1.807, 2.05) is 0 Å². The van der Waals surface area contributed by atoms with Gasteiger partial charge in [0.05, 0.1) is 4.92 Å². The number of benzene rings is 1. The van der Waals surface area contributed by atoms with Crippen molar-refractivity contribution in [3.63, 3.8) is 0 Å². The van der Waals surface area contributed by atoms with E-state index in [4.69, 9.17) is 0 Å². The standard InChI is InChI=1S/C21H29F2NO2/c1-2-3-14-4-6-15(7-5-14)16-8-10-17(11-9-16)18-12-13-19(22)20(23)21(18)24(25)26/h12-17H,2-11H2,1H3. The van der Waals surface area contributed by atoms with E-state index in [1.165, 1.54) is 44.6 Å². The van der Waals surface area contributed by atoms with Gasteiger partial charge >= 0.3 is 5.69 Å². The molecule has 5 heteroatoms. The fourth-order valence-electron chi connectivity index (χ4n) is 5.33. The van der Waals surface area contributed by atoms with Crippen LogP contribution in [-0.4, -0.2) is 4.92 Å². The zero-order valence-electron chi connectivity index (χ0n) is 15.6. The fourth-order valence-corrected chi connectivity index (χ4v) is 5.33. The molecule has 2 saturated carbocycles. The maximum atomic E-state index is 13.9. The van der Waals surface area contributed by atoms with Crippen LogP contribution in [0, 0.1) is 39.5 Å². The third-order valence-electron chi connectivity index (χ3n) is 6.75. The number of nitro benzene ring substituents is 1.